The lowest BCUT2D eigenvalue weighted by Gasteiger charge is -2.40. The van der Waals surface area contributed by atoms with Crippen molar-refractivity contribution in [2.24, 2.45) is 0 Å². The Bertz CT molecular complexity index is 569. The maximum atomic E-state index is 12.0. The van der Waals surface area contributed by atoms with Crippen LogP contribution in [0.2, 0.25) is 5.15 Å². The van der Waals surface area contributed by atoms with Crippen LogP contribution in [0.5, 0.6) is 5.75 Å². The fourth-order valence-corrected chi connectivity index (χ4v) is 2.21. The zero-order chi connectivity index (χ0) is 16.3. The third kappa shape index (κ3) is 4.13. The van der Waals surface area contributed by atoms with E-state index in [0.29, 0.717) is 24.1 Å². The van der Waals surface area contributed by atoms with Gasteiger partial charge in [0, 0.05) is 12.1 Å². The van der Waals surface area contributed by atoms with Crippen molar-refractivity contribution in [3.05, 3.63) is 29.6 Å². The summed E-state index contributed by atoms with van der Waals surface area (Å²) in [6.45, 7) is 10.3. The van der Waals surface area contributed by atoms with Crippen LogP contribution in [-0.4, -0.2) is 40.8 Å². The van der Waals surface area contributed by atoms with Crippen LogP contribution < -0.4 is 4.74 Å². The number of likely N-dealkylation sites (tertiary alicyclic amines) is 1. The van der Waals surface area contributed by atoms with Gasteiger partial charge in [0.15, 0.2) is 0 Å². The lowest BCUT2D eigenvalue weighted by molar-refractivity contribution is -0.0141. The van der Waals surface area contributed by atoms with Gasteiger partial charge in [0.1, 0.15) is 23.1 Å². The predicted molar refractivity (Wildman–Crippen MR) is 86.2 cm³/mol. The second-order valence-electron chi connectivity index (χ2n) is 6.18. The predicted octanol–water partition coefficient (Wildman–Crippen LogP) is 3.77. The van der Waals surface area contributed by atoms with Crippen LogP contribution in [0.15, 0.2) is 18.8 Å². The maximum Gasteiger partial charge on any atom is 0.410 e. The van der Waals surface area contributed by atoms with Gasteiger partial charge < -0.3 is 14.4 Å². The Morgan fingerprint density at radius 2 is 2.32 bits per heavy atom. The van der Waals surface area contributed by atoms with E-state index in [0.717, 1.165) is 12.0 Å². The zero-order valence-electron chi connectivity index (χ0n) is 13.1. The molecule has 1 saturated heterocycles. The molecule has 0 saturated carbocycles. The second kappa shape index (κ2) is 6.57. The van der Waals surface area contributed by atoms with Crippen molar-refractivity contribution >= 4 is 23.8 Å². The Kier molecular flexibility index (Phi) is 4.96. The molecule has 0 aromatic carbocycles. The standard InChI is InChI=1S/C16H21ClN2O3/c1-5-11-8-13(9-18-14(11)17)21-10-12-6-7-19(12)15(20)22-16(2,3)4/h5,8-9,12H,1,6-7,10H2,2-4H3/t12-/m0/s1. The van der Waals surface area contributed by atoms with Gasteiger partial charge in [-0.3, -0.25) is 0 Å². The van der Waals surface area contributed by atoms with Gasteiger partial charge >= 0.3 is 6.09 Å². The van der Waals surface area contributed by atoms with Crippen LogP contribution in [0.4, 0.5) is 4.79 Å². The summed E-state index contributed by atoms with van der Waals surface area (Å²) in [6, 6.07) is 1.80. The molecule has 120 valence electrons. The molecule has 1 aliphatic rings. The first-order valence-electron chi connectivity index (χ1n) is 7.20. The number of hydrogen-bond donors (Lipinski definition) is 0. The molecule has 2 heterocycles. The van der Waals surface area contributed by atoms with Crippen molar-refractivity contribution in [3.8, 4) is 5.75 Å². The number of rotatable bonds is 4. The highest BCUT2D eigenvalue weighted by atomic mass is 35.5. The van der Waals surface area contributed by atoms with Crippen molar-refractivity contribution in [2.75, 3.05) is 13.2 Å². The summed E-state index contributed by atoms with van der Waals surface area (Å²) in [7, 11) is 0. The number of pyridine rings is 1. The third-order valence-corrected chi connectivity index (χ3v) is 3.59. The number of carbonyl (C=O) groups excluding carboxylic acids is 1. The quantitative estimate of drug-likeness (QED) is 0.791. The summed E-state index contributed by atoms with van der Waals surface area (Å²) in [5.74, 6) is 0.607. The summed E-state index contributed by atoms with van der Waals surface area (Å²) < 4.78 is 11.1. The van der Waals surface area contributed by atoms with Crippen LogP contribution in [-0.2, 0) is 4.74 Å². The van der Waals surface area contributed by atoms with Gasteiger partial charge in [-0.05, 0) is 33.3 Å². The van der Waals surface area contributed by atoms with Gasteiger partial charge in [-0.25, -0.2) is 9.78 Å². The van der Waals surface area contributed by atoms with Crippen LogP contribution in [0, 0.1) is 0 Å². The fraction of sp³-hybridized carbons (Fsp3) is 0.500. The Balaban J connectivity index is 1.89. The Morgan fingerprint density at radius 3 is 2.86 bits per heavy atom. The van der Waals surface area contributed by atoms with Gasteiger partial charge in [-0.2, -0.15) is 0 Å². The molecular weight excluding hydrogens is 304 g/mol. The molecule has 6 heteroatoms. The molecule has 5 nitrogen and oxygen atoms in total. The Hall–Kier alpha value is -1.75. The molecule has 1 fully saturated rings. The highest BCUT2D eigenvalue weighted by molar-refractivity contribution is 6.30. The molecule has 1 aliphatic heterocycles. The van der Waals surface area contributed by atoms with Crippen molar-refractivity contribution in [1.82, 2.24) is 9.88 Å². The van der Waals surface area contributed by atoms with Crippen LogP contribution >= 0.6 is 11.6 Å². The van der Waals surface area contributed by atoms with Crippen molar-refractivity contribution in [1.29, 1.82) is 0 Å². The maximum absolute atomic E-state index is 12.0. The molecule has 1 amide bonds. The Labute approximate surface area is 135 Å². The first kappa shape index (κ1) is 16.6. The first-order chi connectivity index (χ1) is 10.3. The molecular formula is C16H21ClN2O3. The van der Waals surface area contributed by atoms with E-state index >= 15 is 0 Å². The average Bonchev–Trinajstić information content (AvgIpc) is 2.37. The number of nitrogens with zero attached hydrogens (tertiary/aromatic N) is 2. The normalized spacial score (nSPS) is 17.6. The second-order valence-corrected chi connectivity index (χ2v) is 6.54. The molecule has 0 N–H and O–H groups in total. The summed E-state index contributed by atoms with van der Waals surface area (Å²) in [5, 5.41) is 0.390. The summed E-state index contributed by atoms with van der Waals surface area (Å²) in [5.41, 5.74) is 0.230. The molecule has 0 aliphatic carbocycles. The van der Waals surface area contributed by atoms with Gasteiger partial charge in [0.25, 0.3) is 0 Å². The minimum Gasteiger partial charge on any atom is -0.490 e. The van der Waals surface area contributed by atoms with Crippen molar-refractivity contribution in [3.63, 3.8) is 0 Å². The number of ether oxygens (including phenoxy) is 2. The topological polar surface area (TPSA) is 51.7 Å². The van der Waals surface area contributed by atoms with Crippen LogP contribution in [0.3, 0.4) is 0 Å². The van der Waals surface area contributed by atoms with Crippen molar-refractivity contribution < 1.29 is 14.3 Å². The van der Waals surface area contributed by atoms with Gasteiger partial charge in [0.2, 0.25) is 0 Å². The fourth-order valence-electron chi connectivity index (χ4n) is 2.03. The van der Waals surface area contributed by atoms with Crippen LogP contribution in [0.1, 0.15) is 32.8 Å². The first-order valence-corrected chi connectivity index (χ1v) is 7.58. The molecule has 22 heavy (non-hydrogen) atoms. The number of amides is 1. The highest BCUT2D eigenvalue weighted by Crippen LogP contribution is 2.24. The number of hydrogen-bond acceptors (Lipinski definition) is 4. The van der Waals surface area contributed by atoms with Crippen LogP contribution in [0.25, 0.3) is 6.08 Å². The molecule has 1 atom stereocenters. The monoisotopic (exact) mass is 324 g/mol. The van der Waals surface area contributed by atoms with E-state index in [1.54, 1.807) is 23.2 Å². The lowest BCUT2D eigenvalue weighted by Crippen LogP contribution is -2.55. The average molecular weight is 325 g/mol. The SMILES string of the molecule is C=Cc1cc(OC[C@@H]2CCN2C(=O)OC(C)(C)C)cnc1Cl. The van der Waals surface area contributed by atoms with Gasteiger partial charge in [-0.15, -0.1) is 0 Å². The Morgan fingerprint density at radius 1 is 1.59 bits per heavy atom. The van der Waals surface area contributed by atoms with Crippen molar-refractivity contribution in [2.45, 2.75) is 38.8 Å². The molecule has 0 bridgehead atoms. The molecule has 0 radical (unpaired) electrons. The highest BCUT2D eigenvalue weighted by Gasteiger charge is 2.35. The third-order valence-electron chi connectivity index (χ3n) is 3.28. The number of aromatic nitrogens is 1. The number of halogens is 1. The summed E-state index contributed by atoms with van der Waals surface area (Å²) in [4.78, 5) is 17.7. The smallest absolute Gasteiger partial charge is 0.410 e. The van der Waals surface area contributed by atoms with E-state index in [4.69, 9.17) is 21.1 Å². The largest absolute Gasteiger partial charge is 0.490 e. The molecule has 0 spiro atoms. The molecule has 1 aromatic rings. The van der Waals surface area contributed by atoms with E-state index in [9.17, 15) is 4.79 Å². The molecule has 1 aromatic heterocycles. The summed E-state index contributed by atoms with van der Waals surface area (Å²) in [6.07, 6.45) is 3.78. The lowest BCUT2D eigenvalue weighted by atomic mass is 10.1. The van der Waals surface area contributed by atoms with E-state index in [-0.39, 0.29) is 12.1 Å². The van der Waals surface area contributed by atoms with E-state index < -0.39 is 5.60 Å². The van der Waals surface area contributed by atoms with E-state index in [1.165, 1.54) is 0 Å². The van der Waals surface area contributed by atoms with Gasteiger partial charge in [0.05, 0.1) is 12.2 Å². The zero-order valence-corrected chi connectivity index (χ0v) is 13.9. The minimum absolute atomic E-state index is 0.0257. The number of carbonyl (C=O) groups is 1. The molecule has 2 rings (SSSR count). The van der Waals surface area contributed by atoms with E-state index in [1.807, 2.05) is 20.8 Å². The molecule has 0 unspecified atom stereocenters. The van der Waals surface area contributed by atoms with Gasteiger partial charge in [-0.1, -0.05) is 24.3 Å². The summed E-state index contributed by atoms with van der Waals surface area (Å²) >= 11 is 5.92. The minimum atomic E-state index is -0.489. The van der Waals surface area contributed by atoms with E-state index in [2.05, 4.69) is 11.6 Å².